The average molecular weight is 217 g/mol. The minimum atomic E-state index is 0.702. The molecular weight excluding hydrogens is 206 g/mol. The number of hydrogen-bond acceptors (Lipinski definition) is 3. The Bertz CT molecular complexity index is 608. The zero-order valence-corrected chi connectivity index (χ0v) is 9.00. The highest BCUT2D eigenvalue weighted by molar-refractivity contribution is 7.23. The van der Waals surface area contributed by atoms with Gasteiger partial charge in [-0.15, -0.1) is 0 Å². The van der Waals surface area contributed by atoms with Gasteiger partial charge in [0.2, 0.25) is 0 Å². The Kier molecular flexibility index (Phi) is 1.97. The predicted octanol–water partition coefficient (Wildman–Crippen LogP) is 2.05. The molecule has 1 aromatic carbocycles. The van der Waals surface area contributed by atoms with Gasteiger partial charge >= 0.3 is 0 Å². The van der Waals surface area contributed by atoms with Crippen LogP contribution in [0, 0.1) is 0 Å². The summed E-state index contributed by atoms with van der Waals surface area (Å²) in [5.74, 6) is 0. The summed E-state index contributed by atoms with van der Waals surface area (Å²) in [5, 5.41) is 0. The lowest BCUT2D eigenvalue weighted by atomic mass is 10.1. The van der Waals surface area contributed by atoms with Crippen LogP contribution < -0.4 is 5.73 Å². The van der Waals surface area contributed by atoms with Crippen LogP contribution in [0.15, 0.2) is 30.6 Å². The van der Waals surface area contributed by atoms with Crippen molar-refractivity contribution in [1.82, 2.24) is 9.38 Å². The highest BCUT2D eigenvalue weighted by Crippen LogP contribution is 2.26. The lowest BCUT2D eigenvalue weighted by molar-refractivity contribution is 0.971. The number of benzene rings is 1. The Hall–Kier alpha value is -1.39. The van der Waals surface area contributed by atoms with Gasteiger partial charge in [0, 0.05) is 12.4 Å². The zero-order valence-electron chi connectivity index (χ0n) is 8.18. The van der Waals surface area contributed by atoms with E-state index in [0.29, 0.717) is 6.54 Å². The van der Waals surface area contributed by atoms with E-state index < -0.39 is 0 Å². The third kappa shape index (κ3) is 1.33. The quantitative estimate of drug-likeness (QED) is 0.714. The molecule has 0 aliphatic rings. The van der Waals surface area contributed by atoms with Crippen molar-refractivity contribution in [3.63, 3.8) is 0 Å². The van der Waals surface area contributed by atoms with Crippen LogP contribution in [-0.2, 0) is 6.42 Å². The third-order valence-corrected chi connectivity index (χ3v) is 3.56. The number of hydrogen-bond donors (Lipinski definition) is 1. The van der Waals surface area contributed by atoms with Gasteiger partial charge in [-0.25, -0.2) is 4.98 Å². The molecule has 0 aliphatic carbocycles. The van der Waals surface area contributed by atoms with E-state index in [4.69, 9.17) is 5.73 Å². The van der Waals surface area contributed by atoms with E-state index in [1.54, 1.807) is 11.3 Å². The Labute approximate surface area is 91.2 Å². The molecule has 0 amide bonds. The standard InChI is InChI=1S/C11H11N3S/c12-4-3-8-1-2-9-10(7-8)15-11-13-5-6-14(9)11/h1-2,5-7H,3-4,12H2. The van der Waals surface area contributed by atoms with Gasteiger partial charge in [0.05, 0.1) is 10.2 Å². The summed E-state index contributed by atoms with van der Waals surface area (Å²) in [6, 6.07) is 6.49. The Morgan fingerprint density at radius 2 is 2.33 bits per heavy atom. The van der Waals surface area contributed by atoms with Gasteiger partial charge in [-0.1, -0.05) is 17.4 Å². The number of aromatic nitrogens is 2. The van der Waals surface area contributed by atoms with E-state index >= 15 is 0 Å². The van der Waals surface area contributed by atoms with Crippen molar-refractivity contribution >= 4 is 26.5 Å². The first-order chi connectivity index (χ1) is 7.38. The number of nitrogens with two attached hydrogens (primary N) is 1. The average Bonchev–Trinajstić information content (AvgIpc) is 2.77. The summed E-state index contributed by atoms with van der Waals surface area (Å²) in [6.07, 6.45) is 4.77. The second-order valence-electron chi connectivity index (χ2n) is 3.52. The van der Waals surface area contributed by atoms with Gasteiger partial charge < -0.3 is 5.73 Å². The maximum absolute atomic E-state index is 5.55. The van der Waals surface area contributed by atoms with Crippen LogP contribution in [0.25, 0.3) is 15.2 Å². The molecule has 3 nitrogen and oxygen atoms in total. The first-order valence-corrected chi connectivity index (χ1v) is 5.75. The summed E-state index contributed by atoms with van der Waals surface area (Å²) in [4.78, 5) is 5.34. The summed E-state index contributed by atoms with van der Waals surface area (Å²) in [6.45, 7) is 0.702. The summed E-state index contributed by atoms with van der Waals surface area (Å²) in [7, 11) is 0. The fourth-order valence-corrected chi connectivity index (χ4v) is 2.86. The maximum atomic E-state index is 5.55. The molecule has 0 unspecified atom stereocenters. The molecule has 3 aromatic rings. The molecule has 0 atom stereocenters. The van der Waals surface area contributed by atoms with Gasteiger partial charge in [0.1, 0.15) is 0 Å². The number of fused-ring (bicyclic) bond motifs is 3. The van der Waals surface area contributed by atoms with Crippen LogP contribution in [0.5, 0.6) is 0 Å². The van der Waals surface area contributed by atoms with Gasteiger partial charge in [-0.2, -0.15) is 0 Å². The monoisotopic (exact) mass is 217 g/mol. The van der Waals surface area contributed by atoms with Crippen LogP contribution in [-0.4, -0.2) is 15.9 Å². The molecule has 2 heterocycles. The van der Waals surface area contributed by atoms with Gasteiger partial charge in [-0.3, -0.25) is 4.40 Å². The molecule has 0 radical (unpaired) electrons. The molecule has 2 N–H and O–H groups in total. The number of rotatable bonds is 2. The van der Waals surface area contributed by atoms with Gasteiger partial charge in [0.25, 0.3) is 0 Å². The molecule has 0 fully saturated rings. The lowest BCUT2D eigenvalue weighted by Crippen LogP contribution is -2.02. The normalized spacial score (nSPS) is 11.5. The number of thiazole rings is 1. The van der Waals surface area contributed by atoms with Crippen LogP contribution in [0.2, 0.25) is 0 Å². The molecular formula is C11H11N3S. The SMILES string of the molecule is NCCc1ccc2c(c1)sc1nccn12. The smallest absolute Gasteiger partial charge is 0.194 e. The highest BCUT2D eigenvalue weighted by Gasteiger charge is 2.05. The van der Waals surface area contributed by atoms with Crippen LogP contribution >= 0.6 is 11.3 Å². The second kappa shape index (κ2) is 3.32. The number of nitrogens with zero attached hydrogens (tertiary/aromatic N) is 2. The Balaban J connectivity index is 2.26. The van der Waals surface area contributed by atoms with Crippen molar-refractivity contribution in [3.8, 4) is 0 Å². The first kappa shape index (κ1) is 8.88. The van der Waals surface area contributed by atoms with Crippen LogP contribution in [0.3, 0.4) is 0 Å². The van der Waals surface area contributed by atoms with E-state index in [1.165, 1.54) is 15.8 Å². The van der Waals surface area contributed by atoms with Gasteiger partial charge in [0.15, 0.2) is 4.96 Å². The maximum Gasteiger partial charge on any atom is 0.194 e. The molecule has 2 aromatic heterocycles. The highest BCUT2D eigenvalue weighted by atomic mass is 32.1. The zero-order chi connectivity index (χ0) is 10.3. The first-order valence-electron chi connectivity index (χ1n) is 4.93. The molecule has 0 aliphatic heterocycles. The minimum Gasteiger partial charge on any atom is -0.330 e. The summed E-state index contributed by atoms with van der Waals surface area (Å²) in [5.41, 5.74) is 8.08. The minimum absolute atomic E-state index is 0.702. The summed E-state index contributed by atoms with van der Waals surface area (Å²) >= 11 is 1.72. The summed E-state index contributed by atoms with van der Waals surface area (Å²) < 4.78 is 3.40. The fraction of sp³-hybridized carbons (Fsp3) is 0.182. The van der Waals surface area contributed by atoms with Crippen molar-refractivity contribution in [2.75, 3.05) is 6.54 Å². The van der Waals surface area contributed by atoms with Crippen molar-refractivity contribution in [2.24, 2.45) is 5.73 Å². The Morgan fingerprint density at radius 3 is 3.20 bits per heavy atom. The predicted molar refractivity (Wildman–Crippen MR) is 63.3 cm³/mol. The molecule has 4 heteroatoms. The third-order valence-electron chi connectivity index (χ3n) is 2.52. The largest absolute Gasteiger partial charge is 0.330 e. The fourth-order valence-electron chi connectivity index (χ4n) is 1.81. The van der Waals surface area contributed by atoms with E-state index in [9.17, 15) is 0 Å². The molecule has 0 bridgehead atoms. The van der Waals surface area contributed by atoms with Crippen LogP contribution in [0.1, 0.15) is 5.56 Å². The van der Waals surface area contributed by atoms with E-state index in [1.807, 2.05) is 12.4 Å². The molecule has 0 saturated carbocycles. The molecule has 0 saturated heterocycles. The van der Waals surface area contributed by atoms with Crippen molar-refractivity contribution in [3.05, 3.63) is 36.2 Å². The van der Waals surface area contributed by atoms with E-state index in [2.05, 4.69) is 27.6 Å². The lowest BCUT2D eigenvalue weighted by Gasteiger charge is -1.97. The van der Waals surface area contributed by atoms with E-state index in [-0.39, 0.29) is 0 Å². The van der Waals surface area contributed by atoms with Crippen molar-refractivity contribution in [2.45, 2.75) is 6.42 Å². The Morgan fingerprint density at radius 1 is 1.40 bits per heavy atom. The molecule has 3 rings (SSSR count). The second-order valence-corrected chi connectivity index (χ2v) is 4.53. The molecule has 15 heavy (non-hydrogen) atoms. The van der Waals surface area contributed by atoms with E-state index in [0.717, 1.165) is 11.4 Å². The number of imidazole rings is 1. The topological polar surface area (TPSA) is 43.3 Å². The molecule has 0 spiro atoms. The van der Waals surface area contributed by atoms with Crippen molar-refractivity contribution < 1.29 is 0 Å². The van der Waals surface area contributed by atoms with Gasteiger partial charge in [-0.05, 0) is 30.7 Å². The van der Waals surface area contributed by atoms with Crippen molar-refractivity contribution in [1.29, 1.82) is 0 Å². The molecule has 76 valence electrons. The van der Waals surface area contributed by atoms with Crippen LogP contribution in [0.4, 0.5) is 0 Å².